The Kier molecular flexibility index (Phi) is 4.72. The highest BCUT2D eigenvalue weighted by Crippen LogP contribution is 2.33. The van der Waals surface area contributed by atoms with E-state index in [1.807, 2.05) is 18.3 Å². The second-order valence-corrected chi connectivity index (χ2v) is 8.43. The van der Waals surface area contributed by atoms with Gasteiger partial charge in [-0.15, -0.1) is 0 Å². The van der Waals surface area contributed by atoms with E-state index in [0.717, 1.165) is 44.7 Å². The van der Waals surface area contributed by atoms with Crippen LogP contribution in [0.15, 0.2) is 24.5 Å². The largest absolute Gasteiger partial charge is 0.342 e. The molecule has 0 aliphatic carbocycles. The summed E-state index contributed by atoms with van der Waals surface area (Å²) in [6, 6.07) is 3.98. The van der Waals surface area contributed by atoms with Gasteiger partial charge in [-0.05, 0) is 35.3 Å². The van der Waals surface area contributed by atoms with E-state index in [1.165, 1.54) is 0 Å². The third-order valence-electron chi connectivity index (χ3n) is 4.96. The van der Waals surface area contributed by atoms with Crippen LogP contribution in [0.1, 0.15) is 32.8 Å². The lowest BCUT2D eigenvalue weighted by Gasteiger charge is -2.28. The van der Waals surface area contributed by atoms with Gasteiger partial charge in [-0.1, -0.05) is 26.8 Å². The molecule has 2 fully saturated rings. The maximum absolute atomic E-state index is 12.5. The van der Waals surface area contributed by atoms with E-state index in [2.05, 4.69) is 35.6 Å². The first-order valence-corrected chi connectivity index (χ1v) is 8.80. The third-order valence-corrected chi connectivity index (χ3v) is 4.96. The zero-order valence-electron chi connectivity index (χ0n) is 14.7. The second-order valence-electron chi connectivity index (χ2n) is 8.43. The number of nitrogens with zero attached hydrogens (tertiary/aromatic N) is 3. The molecule has 4 nitrogen and oxygen atoms in total. The molecule has 2 unspecified atom stereocenters. The molecule has 126 valence electrons. The van der Waals surface area contributed by atoms with Crippen molar-refractivity contribution < 1.29 is 4.79 Å². The van der Waals surface area contributed by atoms with Crippen molar-refractivity contribution in [3.05, 3.63) is 30.1 Å². The van der Waals surface area contributed by atoms with Crippen LogP contribution in [0.3, 0.4) is 0 Å². The van der Waals surface area contributed by atoms with E-state index in [-0.39, 0.29) is 0 Å². The quantitative estimate of drug-likeness (QED) is 0.856. The van der Waals surface area contributed by atoms with Gasteiger partial charge in [0.05, 0.1) is 0 Å². The summed E-state index contributed by atoms with van der Waals surface area (Å²) in [5.41, 5.74) is 1.51. The number of aryl methyl sites for hydroxylation is 1. The van der Waals surface area contributed by atoms with Gasteiger partial charge in [-0.25, -0.2) is 0 Å². The van der Waals surface area contributed by atoms with Crippen LogP contribution < -0.4 is 0 Å². The Hall–Kier alpha value is -1.42. The van der Waals surface area contributed by atoms with Gasteiger partial charge in [0.2, 0.25) is 5.91 Å². The van der Waals surface area contributed by atoms with Crippen LogP contribution in [0.25, 0.3) is 0 Å². The fourth-order valence-electron chi connectivity index (χ4n) is 4.05. The summed E-state index contributed by atoms with van der Waals surface area (Å²) in [7, 11) is 0. The monoisotopic (exact) mass is 315 g/mol. The first-order chi connectivity index (χ1) is 10.9. The van der Waals surface area contributed by atoms with Crippen molar-refractivity contribution in [1.82, 2.24) is 14.8 Å². The Labute approximate surface area is 139 Å². The summed E-state index contributed by atoms with van der Waals surface area (Å²) in [6.07, 6.45) is 5.04. The molecule has 3 heterocycles. The van der Waals surface area contributed by atoms with E-state index in [4.69, 9.17) is 0 Å². The number of likely N-dealkylation sites (tertiary alicyclic amines) is 2. The van der Waals surface area contributed by atoms with Gasteiger partial charge >= 0.3 is 0 Å². The second kappa shape index (κ2) is 6.60. The molecule has 3 rings (SSSR count). The lowest BCUT2D eigenvalue weighted by atomic mass is 9.96. The van der Waals surface area contributed by atoms with Crippen molar-refractivity contribution >= 4 is 5.91 Å². The van der Waals surface area contributed by atoms with Gasteiger partial charge in [0.15, 0.2) is 0 Å². The van der Waals surface area contributed by atoms with Crippen molar-refractivity contribution in [3.8, 4) is 0 Å². The van der Waals surface area contributed by atoms with E-state index in [9.17, 15) is 4.79 Å². The van der Waals surface area contributed by atoms with E-state index in [0.29, 0.717) is 29.6 Å². The van der Waals surface area contributed by atoms with Crippen molar-refractivity contribution in [2.45, 2.75) is 33.6 Å². The molecular weight excluding hydrogens is 286 g/mol. The molecule has 0 N–H and O–H groups in total. The molecule has 2 saturated heterocycles. The van der Waals surface area contributed by atoms with E-state index < -0.39 is 0 Å². The summed E-state index contributed by atoms with van der Waals surface area (Å²) >= 11 is 0. The number of carbonyl (C=O) groups excluding carboxylic acids is 1. The Balaban J connectivity index is 1.45. The summed E-state index contributed by atoms with van der Waals surface area (Å²) in [6.45, 7) is 12.3. The molecule has 1 amide bonds. The summed E-state index contributed by atoms with van der Waals surface area (Å²) in [5, 5.41) is 0. The molecular formula is C19H29N3O. The molecule has 0 bridgehead atoms. The lowest BCUT2D eigenvalue weighted by molar-refractivity contribution is -0.130. The molecule has 0 radical (unpaired) electrons. The van der Waals surface area contributed by atoms with Gasteiger partial charge < -0.3 is 9.80 Å². The van der Waals surface area contributed by atoms with Gasteiger partial charge in [0.1, 0.15) is 0 Å². The normalized spacial score (nSPS) is 24.9. The number of carbonyl (C=O) groups is 1. The smallest absolute Gasteiger partial charge is 0.222 e. The molecule has 1 aromatic rings. The number of pyridine rings is 1. The summed E-state index contributed by atoms with van der Waals surface area (Å²) in [5.74, 6) is 1.67. The van der Waals surface area contributed by atoms with Gasteiger partial charge in [-0.3, -0.25) is 9.78 Å². The topological polar surface area (TPSA) is 36.4 Å². The Morgan fingerprint density at radius 1 is 1.22 bits per heavy atom. The van der Waals surface area contributed by atoms with Crippen LogP contribution in [0.2, 0.25) is 0 Å². The number of amides is 1. The fourth-order valence-corrected chi connectivity index (χ4v) is 4.05. The minimum atomic E-state index is 0.311. The highest BCUT2D eigenvalue weighted by Gasteiger charge is 2.41. The molecule has 2 aliphatic rings. The van der Waals surface area contributed by atoms with Gasteiger partial charge in [0.25, 0.3) is 0 Å². The Morgan fingerprint density at radius 3 is 2.48 bits per heavy atom. The first-order valence-electron chi connectivity index (χ1n) is 8.80. The highest BCUT2D eigenvalue weighted by molar-refractivity contribution is 5.76. The lowest BCUT2D eigenvalue weighted by Crippen LogP contribution is -2.36. The molecule has 0 saturated carbocycles. The zero-order chi connectivity index (χ0) is 16.4. The summed E-state index contributed by atoms with van der Waals surface area (Å²) in [4.78, 5) is 21.3. The van der Waals surface area contributed by atoms with Crippen LogP contribution >= 0.6 is 0 Å². The van der Waals surface area contributed by atoms with Crippen LogP contribution in [0.4, 0.5) is 0 Å². The standard InChI is InChI=1S/C19H29N3O/c1-19(2,3)14-21-10-16-12-22(13-17(16)11-21)18(23)7-6-15-5-4-8-20-9-15/h4-5,8-9,16-17H,6-7,10-14H2,1-3H3. The van der Waals surface area contributed by atoms with Crippen molar-refractivity contribution in [1.29, 1.82) is 0 Å². The van der Waals surface area contributed by atoms with Crippen molar-refractivity contribution in [3.63, 3.8) is 0 Å². The third kappa shape index (κ3) is 4.31. The van der Waals surface area contributed by atoms with Gasteiger partial charge in [-0.2, -0.15) is 0 Å². The molecule has 4 heteroatoms. The van der Waals surface area contributed by atoms with Crippen LogP contribution in [-0.4, -0.2) is 53.4 Å². The summed E-state index contributed by atoms with van der Waals surface area (Å²) < 4.78 is 0. The molecule has 2 aliphatic heterocycles. The Morgan fingerprint density at radius 2 is 1.91 bits per heavy atom. The number of fused-ring (bicyclic) bond motifs is 1. The predicted molar refractivity (Wildman–Crippen MR) is 92.0 cm³/mol. The maximum Gasteiger partial charge on any atom is 0.222 e. The zero-order valence-corrected chi connectivity index (χ0v) is 14.7. The number of aromatic nitrogens is 1. The van der Waals surface area contributed by atoms with E-state index in [1.54, 1.807) is 6.20 Å². The van der Waals surface area contributed by atoms with Gasteiger partial charge in [0, 0.05) is 51.5 Å². The molecule has 1 aromatic heterocycles. The average molecular weight is 315 g/mol. The molecule has 0 spiro atoms. The van der Waals surface area contributed by atoms with Crippen molar-refractivity contribution in [2.75, 3.05) is 32.7 Å². The molecule has 23 heavy (non-hydrogen) atoms. The predicted octanol–water partition coefficient (Wildman–Crippen LogP) is 2.45. The number of hydrogen-bond acceptors (Lipinski definition) is 3. The van der Waals surface area contributed by atoms with E-state index >= 15 is 0 Å². The average Bonchev–Trinajstić information content (AvgIpc) is 3.02. The molecule has 0 aromatic carbocycles. The highest BCUT2D eigenvalue weighted by atomic mass is 16.2. The number of rotatable bonds is 4. The van der Waals surface area contributed by atoms with Crippen LogP contribution in [-0.2, 0) is 11.2 Å². The molecule has 2 atom stereocenters. The fraction of sp³-hybridized carbons (Fsp3) is 0.684. The minimum Gasteiger partial charge on any atom is -0.342 e. The maximum atomic E-state index is 12.5. The number of hydrogen-bond donors (Lipinski definition) is 0. The van der Waals surface area contributed by atoms with Crippen LogP contribution in [0.5, 0.6) is 0 Å². The van der Waals surface area contributed by atoms with Crippen LogP contribution in [0, 0.1) is 17.3 Å². The minimum absolute atomic E-state index is 0.311. The van der Waals surface area contributed by atoms with Crippen molar-refractivity contribution in [2.24, 2.45) is 17.3 Å². The Bertz CT molecular complexity index is 523. The first kappa shape index (κ1) is 16.4. The SMILES string of the molecule is CC(C)(C)CN1CC2CN(C(=O)CCc3cccnc3)CC2C1.